The van der Waals surface area contributed by atoms with E-state index in [1.165, 1.54) is 0 Å². The van der Waals surface area contributed by atoms with Gasteiger partial charge in [-0.25, -0.2) is 19.7 Å². The molecular weight excluding hydrogens is 442 g/mol. The maximum absolute atomic E-state index is 13.1. The van der Waals surface area contributed by atoms with Crippen molar-refractivity contribution in [1.29, 1.82) is 5.26 Å². The van der Waals surface area contributed by atoms with Crippen LogP contribution in [0.1, 0.15) is 51.9 Å². The lowest BCUT2D eigenvalue weighted by atomic mass is 9.54. The molecular formula is C27H25N5O3. The number of hydrogen-bond acceptors (Lipinski definition) is 6. The van der Waals surface area contributed by atoms with E-state index in [0.29, 0.717) is 24.2 Å². The molecule has 0 saturated heterocycles. The Balaban J connectivity index is 1.89. The monoisotopic (exact) mass is 467 g/mol. The molecule has 2 aromatic heterocycles. The summed E-state index contributed by atoms with van der Waals surface area (Å²) in [6.07, 6.45) is 6.65. The molecule has 3 atom stereocenters. The van der Waals surface area contributed by atoms with Gasteiger partial charge >= 0.3 is 5.97 Å². The van der Waals surface area contributed by atoms with Crippen LogP contribution in [0.25, 0.3) is 11.4 Å². The average molecular weight is 468 g/mol. The highest BCUT2D eigenvalue weighted by Gasteiger charge is 2.53. The van der Waals surface area contributed by atoms with Crippen LogP contribution in [-0.2, 0) is 23.7 Å². The van der Waals surface area contributed by atoms with Crippen molar-refractivity contribution in [2.24, 2.45) is 18.9 Å². The smallest absolute Gasteiger partial charge is 0.335 e. The summed E-state index contributed by atoms with van der Waals surface area (Å²) in [5.74, 6) is -1.10. The van der Waals surface area contributed by atoms with Crippen molar-refractivity contribution in [3.8, 4) is 17.5 Å². The SMILES string of the molecule is Cc1nc(-c2cncn2C)c2c(n1)[C@@]1(c3ccc(C(=O)O)c(C)c3)C=C(C#N)C(=O)[C@@H](C)[C@@H]1CC2. The molecule has 2 aliphatic carbocycles. The van der Waals surface area contributed by atoms with Crippen LogP contribution in [0, 0.1) is 37.0 Å². The first-order valence-electron chi connectivity index (χ1n) is 11.5. The van der Waals surface area contributed by atoms with Gasteiger partial charge in [0.1, 0.15) is 11.9 Å². The van der Waals surface area contributed by atoms with E-state index in [-0.39, 0.29) is 22.8 Å². The molecule has 1 N–H and O–H groups in total. The summed E-state index contributed by atoms with van der Waals surface area (Å²) < 4.78 is 1.91. The fourth-order valence-corrected chi connectivity index (χ4v) is 5.90. The minimum atomic E-state index is -0.996. The number of nitriles is 1. The van der Waals surface area contributed by atoms with Gasteiger partial charge in [0.15, 0.2) is 5.78 Å². The molecule has 5 rings (SSSR count). The molecule has 2 aliphatic rings. The third-order valence-corrected chi connectivity index (χ3v) is 7.57. The number of aryl methyl sites for hydroxylation is 3. The summed E-state index contributed by atoms with van der Waals surface area (Å²) in [4.78, 5) is 38.7. The molecule has 0 aliphatic heterocycles. The Bertz CT molecular complexity index is 1480. The van der Waals surface area contributed by atoms with Crippen LogP contribution in [-0.4, -0.2) is 36.4 Å². The second kappa shape index (κ2) is 7.98. The third-order valence-electron chi connectivity index (χ3n) is 7.57. The van der Waals surface area contributed by atoms with Crippen LogP contribution in [0.5, 0.6) is 0 Å². The van der Waals surface area contributed by atoms with Crippen molar-refractivity contribution in [1.82, 2.24) is 19.5 Å². The van der Waals surface area contributed by atoms with E-state index in [2.05, 4.69) is 11.1 Å². The van der Waals surface area contributed by atoms with Gasteiger partial charge in [-0.1, -0.05) is 19.1 Å². The first-order chi connectivity index (χ1) is 16.7. The summed E-state index contributed by atoms with van der Waals surface area (Å²) in [5.41, 5.74) is 4.29. The summed E-state index contributed by atoms with van der Waals surface area (Å²) in [5, 5.41) is 19.5. The van der Waals surface area contributed by atoms with Crippen LogP contribution in [0.4, 0.5) is 0 Å². The number of benzene rings is 1. The van der Waals surface area contributed by atoms with E-state index in [9.17, 15) is 20.0 Å². The Morgan fingerprint density at radius 3 is 2.69 bits per heavy atom. The highest BCUT2D eigenvalue weighted by molar-refractivity contribution is 6.02. The van der Waals surface area contributed by atoms with Crippen molar-refractivity contribution < 1.29 is 14.7 Å². The maximum atomic E-state index is 13.1. The molecule has 0 amide bonds. The molecule has 1 aromatic carbocycles. The molecule has 3 aromatic rings. The minimum Gasteiger partial charge on any atom is -0.478 e. The Hall–Kier alpha value is -4.12. The van der Waals surface area contributed by atoms with Crippen molar-refractivity contribution in [3.63, 3.8) is 0 Å². The number of carboxylic acid groups (broad SMARTS) is 1. The largest absolute Gasteiger partial charge is 0.478 e. The number of Topliss-reactive ketones (excluding diaryl/α,β-unsaturated/α-hetero) is 1. The first kappa shape index (κ1) is 22.7. The molecule has 0 radical (unpaired) electrons. The Kier molecular flexibility index (Phi) is 5.17. The van der Waals surface area contributed by atoms with Gasteiger partial charge in [0.25, 0.3) is 0 Å². The van der Waals surface area contributed by atoms with Gasteiger partial charge in [-0.05, 0) is 55.9 Å². The number of allylic oxidation sites excluding steroid dienone is 2. The minimum absolute atomic E-state index is 0.111. The zero-order chi connectivity index (χ0) is 25.1. The zero-order valence-electron chi connectivity index (χ0n) is 20.0. The van der Waals surface area contributed by atoms with Crippen LogP contribution in [0.15, 0.2) is 42.4 Å². The Morgan fingerprint density at radius 2 is 2.06 bits per heavy atom. The van der Waals surface area contributed by atoms with Crippen molar-refractivity contribution in [3.05, 3.63) is 76.1 Å². The molecule has 8 heteroatoms. The lowest BCUT2D eigenvalue weighted by Crippen LogP contribution is -2.49. The van der Waals surface area contributed by atoms with Gasteiger partial charge in [-0.2, -0.15) is 5.26 Å². The Morgan fingerprint density at radius 1 is 1.29 bits per heavy atom. The normalized spacial score (nSPS) is 23.2. The van der Waals surface area contributed by atoms with Gasteiger partial charge < -0.3 is 9.67 Å². The molecule has 0 saturated carbocycles. The van der Waals surface area contributed by atoms with Crippen LogP contribution in [0.3, 0.4) is 0 Å². The number of imidazole rings is 1. The number of hydrogen-bond donors (Lipinski definition) is 1. The predicted molar refractivity (Wildman–Crippen MR) is 128 cm³/mol. The van der Waals surface area contributed by atoms with Crippen LogP contribution >= 0.6 is 0 Å². The lowest BCUT2D eigenvalue weighted by molar-refractivity contribution is -0.121. The van der Waals surface area contributed by atoms with Crippen molar-refractivity contribution in [2.75, 3.05) is 0 Å². The molecule has 8 nitrogen and oxygen atoms in total. The van der Waals surface area contributed by atoms with E-state index in [0.717, 1.165) is 28.2 Å². The molecule has 0 unspecified atom stereocenters. The molecule has 35 heavy (non-hydrogen) atoms. The average Bonchev–Trinajstić information content (AvgIpc) is 3.25. The van der Waals surface area contributed by atoms with Gasteiger partial charge in [0.05, 0.1) is 46.2 Å². The number of carboxylic acids is 1. The highest BCUT2D eigenvalue weighted by Crippen LogP contribution is 2.54. The first-order valence-corrected chi connectivity index (χ1v) is 11.5. The van der Waals surface area contributed by atoms with Crippen molar-refractivity contribution in [2.45, 2.75) is 39.0 Å². The van der Waals surface area contributed by atoms with E-state index in [1.807, 2.05) is 31.5 Å². The number of rotatable bonds is 3. The van der Waals surface area contributed by atoms with Crippen LogP contribution < -0.4 is 0 Å². The van der Waals surface area contributed by atoms with Gasteiger partial charge in [0, 0.05) is 18.5 Å². The second-order valence-electron chi connectivity index (χ2n) is 9.51. The van der Waals surface area contributed by atoms with Gasteiger partial charge in [-0.15, -0.1) is 0 Å². The number of aromatic carboxylic acids is 1. The number of fused-ring (bicyclic) bond motifs is 3. The number of carbonyl (C=O) groups excluding carboxylic acids is 1. The van der Waals surface area contributed by atoms with E-state index in [4.69, 9.17) is 9.97 Å². The molecule has 0 fully saturated rings. The molecule has 0 bridgehead atoms. The number of nitrogens with zero attached hydrogens (tertiary/aromatic N) is 5. The van der Waals surface area contributed by atoms with Crippen molar-refractivity contribution >= 4 is 11.8 Å². The quantitative estimate of drug-likeness (QED) is 0.623. The van der Waals surface area contributed by atoms with E-state index < -0.39 is 17.3 Å². The van der Waals surface area contributed by atoms with Gasteiger partial charge in [-0.3, -0.25) is 4.79 Å². The summed E-state index contributed by atoms with van der Waals surface area (Å²) in [6, 6.07) is 7.38. The number of aromatic nitrogens is 4. The second-order valence-corrected chi connectivity index (χ2v) is 9.51. The summed E-state index contributed by atoms with van der Waals surface area (Å²) in [7, 11) is 1.91. The van der Waals surface area contributed by atoms with E-state index in [1.54, 1.807) is 37.7 Å². The number of ketones is 1. The summed E-state index contributed by atoms with van der Waals surface area (Å²) in [6.45, 7) is 5.48. The molecule has 0 spiro atoms. The lowest BCUT2D eigenvalue weighted by Gasteiger charge is -2.48. The molecule has 176 valence electrons. The van der Waals surface area contributed by atoms with Gasteiger partial charge in [0.2, 0.25) is 0 Å². The zero-order valence-corrected chi connectivity index (χ0v) is 20.0. The predicted octanol–water partition coefficient (Wildman–Crippen LogP) is 3.71. The fraction of sp³-hybridized carbons (Fsp3) is 0.333. The Labute approximate surface area is 203 Å². The topological polar surface area (TPSA) is 122 Å². The van der Waals surface area contributed by atoms with E-state index >= 15 is 0 Å². The standard InChI is InChI=1S/C27H25N5O3/c1-14-9-18(5-6-19(14)26(34)35)27-10-17(11-28)24(33)15(2)21(27)8-7-20-23(22-12-29-13-32(22)4)30-16(3)31-25(20)27/h5-6,9-10,12-13,15,21H,7-8H2,1-4H3,(H,34,35)/t15-,21-,27+/m0/s1. The fourth-order valence-electron chi connectivity index (χ4n) is 5.90. The maximum Gasteiger partial charge on any atom is 0.335 e. The molecule has 2 heterocycles. The highest BCUT2D eigenvalue weighted by atomic mass is 16.4. The third kappa shape index (κ3) is 3.22. The summed E-state index contributed by atoms with van der Waals surface area (Å²) >= 11 is 0. The number of carbonyl (C=O) groups is 2. The van der Waals surface area contributed by atoms with Crippen LogP contribution in [0.2, 0.25) is 0 Å².